The van der Waals surface area contributed by atoms with Crippen LogP contribution in [-0.4, -0.2) is 39.4 Å². The smallest absolute Gasteiger partial charge is 0.240 e. The predicted octanol–water partition coefficient (Wildman–Crippen LogP) is 2.14. The minimum atomic E-state index is -0.102. The van der Waals surface area contributed by atoms with Crippen LogP contribution in [0.15, 0.2) is 49.1 Å². The summed E-state index contributed by atoms with van der Waals surface area (Å²) in [4.78, 5) is 30.1. The molecule has 1 saturated heterocycles. The molecule has 0 aliphatic carbocycles. The SMILES string of the molecule is O=C(CN1CCCCC1=O)N[C@@H](CCn1ccnc1)c1ccccc1. The van der Waals surface area contributed by atoms with Gasteiger partial charge in [0.25, 0.3) is 0 Å². The number of hydrogen-bond donors (Lipinski definition) is 1. The van der Waals surface area contributed by atoms with E-state index in [-0.39, 0.29) is 24.4 Å². The van der Waals surface area contributed by atoms with E-state index < -0.39 is 0 Å². The number of likely N-dealkylation sites (tertiary alicyclic amines) is 1. The van der Waals surface area contributed by atoms with Crippen molar-refractivity contribution in [1.29, 1.82) is 0 Å². The highest BCUT2D eigenvalue weighted by Crippen LogP contribution is 2.18. The molecule has 3 rings (SSSR count). The molecule has 1 aromatic heterocycles. The largest absolute Gasteiger partial charge is 0.348 e. The van der Waals surface area contributed by atoms with Crippen molar-refractivity contribution >= 4 is 11.8 Å². The number of imidazole rings is 1. The third kappa shape index (κ3) is 4.92. The Morgan fingerprint density at radius 3 is 2.80 bits per heavy atom. The second-order valence-corrected chi connectivity index (χ2v) is 6.39. The van der Waals surface area contributed by atoms with Crippen molar-refractivity contribution in [1.82, 2.24) is 19.8 Å². The number of rotatable bonds is 7. The van der Waals surface area contributed by atoms with Gasteiger partial charge in [0, 0.05) is 31.9 Å². The number of carbonyl (C=O) groups excluding carboxylic acids is 2. The summed E-state index contributed by atoms with van der Waals surface area (Å²) >= 11 is 0. The molecule has 2 aromatic rings. The van der Waals surface area contributed by atoms with Crippen LogP contribution in [0, 0.1) is 0 Å². The molecule has 0 saturated carbocycles. The Bertz CT molecular complexity index is 685. The Balaban J connectivity index is 1.62. The molecule has 0 unspecified atom stereocenters. The number of nitrogens with one attached hydrogen (secondary N) is 1. The number of aryl methyl sites for hydroxylation is 1. The summed E-state index contributed by atoms with van der Waals surface area (Å²) < 4.78 is 2.00. The number of hydrogen-bond acceptors (Lipinski definition) is 3. The molecule has 1 aromatic carbocycles. The normalized spacial score (nSPS) is 15.8. The van der Waals surface area contributed by atoms with Gasteiger partial charge in [-0.05, 0) is 24.8 Å². The maximum atomic E-state index is 12.5. The Morgan fingerprint density at radius 2 is 2.08 bits per heavy atom. The molecule has 1 aliphatic heterocycles. The van der Waals surface area contributed by atoms with Crippen molar-refractivity contribution in [3.8, 4) is 0 Å². The minimum absolute atomic E-state index is 0.0797. The zero-order valence-corrected chi connectivity index (χ0v) is 14.3. The molecule has 1 aliphatic rings. The van der Waals surface area contributed by atoms with E-state index in [0.717, 1.165) is 31.4 Å². The van der Waals surface area contributed by atoms with E-state index in [4.69, 9.17) is 0 Å². The van der Waals surface area contributed by atoms with E-state index in [9.17, 15) is 9.59 Å². The lowest BCUT2D eigenvalue weighted by Crippen LogP contribution is -2.44. The number of benzene rings is 1. The molecule has 0 bridgehead atoms. The average molecular weight is 340 g/mol. The molecule has 6 heteroatoms. The molecule has 2 amide bonds. The fraction of sp³-hybridized carbons (Fsp3) is 0.421. The van der Waals surface area contributed by atoms with Gasteiger partial charge >= 0.3 is 0 Å². The molecule has 1 fully saturated rings. The molecule has 25 heavy (non-hydrogen) atoms. The second kappa shape index (κ2) is 8.46. The van der Waals surface area contributed by atoms with Crippen molar-refractivity contribution < 1.29 is 9.59 Å². The van der Waals surface area contributed by atoms with Crippen LogP contribution >= 0.6 is 0 Å². The van der Waals surface area contributed by atoms with E-state index in [1.54, 1.807) is 17.4 Å². The standard InChI is InChI=1S/C19H24N4O2/c24-18(14-23-11-5-4-8-19(23)25)21-17(16-6-2-1-3-7-16)9-12-22-13-10-20-15-22/h1-3,6-7,10,13,15,17H,4-5,8-9,11-12,14H2,(H,21,24)/t17-/m0/s1. The Hall–Kier alpha value is -2.63. The molecule has 1 atom stereocenters. The van der Waals surface area contributed by atoms with Crippen molar-refractivity contribution in [2.75, 3.05) is 13.1 Å². The maximum absolute atomic E-state index is 12.5. The molecule has 6 nitrogen and oxygen atoms in total. The first-order valence-corrected chi connectivity index (χ1v) is 8.80. The van der Waals surface area contributed by atoms with Crippen molar-refractivity contribution in [3.05, 3.63) is 54.6 Å². The summed E-state index contributed by atoms with van der Waals surface area (Å²) in [5.41, 5.74) is 1.07. The van der Waals surface area contributed by atoms with Crippen molar-refractivity contribution in [2.45, 2.75) is 38.3 Å². The van der Waals surface area contributed by atoms with Gasteiger partial charge in [0.05, 0.1) is 18.9 Å². The van der Waals surface area contributed by atoms with Crippen molar-refractivity contribution in [2.24, 2.45) is 0 Å². The molecular weight excluding hydrogens is 316 g/mol. The number of aromatic nitrogens is 2. The zero-order valence-electron chi connectivity index (χ0n) is 14.3. The van der Waals surface area contributed by atoms with Gasteiger partial charge in [-0.2, -0.15) is 0 Å². The van der Waals surface area contributed by atoms with Crippen LogP contribution in [0.3, 0.4) is 0 Å². The Labute approximate surface area is 147 Å². The monoisotopic (exact) mass is 340 g/mol. The highest BCUT2D eigenvalue weighted by atomic mass is 16.2. The number of carbonyl (C=O) groups is 2. The van der Waals surface area contributed by atoms with Crippen LogP contribution in [0.1, 0.15) is 37.3 Å². The van der Waals surface area contributed by atoms with Crippen LogP contribution in [0.25, 0.3) is 0 Å². The zero-order chi connectivity index (χ0) is 17.5. The van der Waals surface area contributed by atoms with Gasteiger partial charge in [0.15, 0.2) is 0 Å². The lowest BCUT2D eigenvalue weighted by Gasteiger charge is -2.27. The van der Waals surface area contributed by atoms with E-state index in [1.165, 1.54) is 0 Å². The van der Waals surface area contributed by atoms with E-state index in [2.05, 4.69) is 10.3 Å². The second-order valence-electron chi connectivity index (χ2n) is 6.39. The summed E-state index contributed by atoms with van der Waals surface area (Å²) in [5, 5.41) is 3.10. The highest BCUT2D eigenvalue weighted by Gasteiger charge is 2.22. The van der Waals surface area contributed by atoms with Gasteiger partial charge in [-0.15, -0.1) is 0 Å². The summed E-state index contributed by atoms with van der Waals surface area (Å²) in [5.74, 6) is -0.0224. The Kier molecular flexibility index (Phi) is 5.82. The third-order valence-electron chi connectivity index (χ3n) is 4.53. The topological polar surface area (TPSA) is 67.2 Å². The van der Waals surface area contributed by atoms with Gasteiger partial charge in [0.1, 0.15) is 0 Å². The molecular formula is C19H24N4O2. The third-order valence-corrected chi connectivity index (χ3v) is 4.53. The van der Waals surface area contributed by atoms with Crippen LogP contribution in [0.2, 0.25) is 0 Å². The van der Waals surface area contributed by atoms with Gasteiger partial charge in [0.2, 0.25) is 11.8 Å². The Morgan fingerprint density at radius 1 is 1.24 bits per heavy atom. The fourth-order valence-corrected chi connectivity index (χ4v) is 3.15. The van der Waals surface area contributed by atoms with Crippen LogP contribution < -0.4 is 5.32 Å². The number of amides is 2. The van der Waals surface area contributed by atoms with E-state index >= 15 is 0 Å². The molecule has 2 heterocycles. The average Bonchev–Trinajstić information content (AvgIpc) is 3.15. The lowest BCUT2D eigenvalue weighted by molar-refractivity contribution is -0.138. The first-order valence-electron chi connectivity index (χ1n) is 8.80. The van der Waals surface area contributed by atoms with Crippen LogP contribution in [0.4, 0.5) is 0 Å². The molecule has 1 N–H and O–H groups in total. The lowest BCUT2D eigenvalue weighted by atomic mass is 10.0. The summed E-state index contributed by atoms with van der Waals surface area (Å²) in [6, 6.07) is 9.86. The first kappa shape index (κ1) is 17.2. The van der Waals surface area contributed by atoms with Gasteiger partial charge in [-0.25, -0.2) is 4.98 Å². The van der Waals surface area contributed by atoms with E-state index in [0.29, 0.717) is 13.0 Å². The van der Waals surface area contributed by atoms with E-state index in [1.807, 2.05) is 41.1 Å². The number of piperidine rings is 1. The fourth-order valence-electron chi connectivity index (χ4n) is 3.15. The maximum Gasteiger partial charge on any atom is 0.240 e. The quantitative estimate of drug-likeness (QED) is 0.840. The summed E-state index contributed by atoms with van der Waals surface area (Å²) in [7, 11) is 0. The number of nitrogens with zero attached hydrogens (tertiary/aromatic N) is 3. The molecule has 0 spiro atoms. The van der Waals surface area contributed by atoms with Gasteiger partial charge in [-0.3, -0.25) is 9.59 Å². The van der Waals surface area contributed by atoms with Crippen molar-refractivity contribution in [3.63, 3.8) is 0 Å². The minimum Gasteiger partial charge on any atom is -0.348 e. The molecule has 0 radical (unpaired) electrons. The summed E-state index contributed by atoms with van der Waals surface area (Å²) in [6.07, 6.45) is 8.65. The van der Waals surface area contributed by atoms with Gasteiger partial charge in [-0.1, -0.05) is 30.3 Å². The molecule has 132 valence electrons. The first-order chi connectivity index (χ1) is 12.2. The van der Waals surface area contributed by atoms with Crippen LogP contribution in [-0.2, 0) is 16.1 Å². The van der Waals surface area contributed by atoms with Crippen LogP contribution in [0.5, 0.6) is 0 Å². The van der Waals surface area contributed by atoms with Gasteiger partial charge < -0.3 is 14.8 Å². The highest BCUT2D eigenvalue weighted by molar-refractivity contribution is 5.85. The summed E-state index contributed by atoms with van der Waals surface area (Å²) in [6.45, 7) is 1.59. The predicted molar refractivity (Wildman–Crippen MR) is 94.6 cm³/mol.